The van der Waals surface area contributed by atoms with Gasteiger partial charge in [-0.2, -0.15) is 4.98 Å². The van der Waals surface area contributed by atoms with E-state index in [0.29, 0.717) is 34.9 Å². The van der Waals surface area contributed by atoms with Gasteiger partial charge in [0.2, 0.25) is 11.8 Å². The molecule has 10 heteroatoms. The number of aryl methyl sites for hydroxylation is 2. The molecule has 1 aromatic carbocycles. The molecule has 174 valence electrons. The van der Waals surface area contributed by atoms with Gasteiger partial charge in [0.05, 0.1) is 24.7 Å². The van der Waals surface area contributed by atoms with Crippen LogP contribution >= 0.6 is 0 Å². The third-order valence-electron chi connectivity index (χ3n) is 5.61. The third kappa shape index (κ3) is 4.09. The Hall–Kier alpha value is -4.21. The first-order chi connectivity index (χ1) is 16.5. The molecule has 0 aliphatic heterocycles. The highest BCUT2D eigenvalue weighted by Gasteiger charge is 2.19. The molecule has 0 aliphatic rings. The molecule has 4 heterocycles. The first-order valence-corrected chi connectivity index (χ1v) is 11.1. The van der Waals surface area contributed by atoms with Crippen LogP contribution in [0.1, 0.15) is 36.4 Å². The molecule has 0 radical (unpaired) electrons. The van der Waals surface area contributed by atoms with Gasteiger partial charge in [0, 0.05) is 11.8 Å². The van der Waals surface area contributed by atoms with Crippen molar-refractivity contribution >= 4 is 27.8 Å². The number of carbonyl (C=O) groups excluding carboxylic acids is 1. The Kier molecular flexibility index (Phi) is 5.70. The number of hydrogen-bond donors (Lipinski definition) is 1. The lowest BCUT2D eigenvalue weighted by molar-refractivity contribution is -0.121. The number of carbonyl (C=O) groups is 1. The van der Waals surface area contributed by atoms with Gasteiger partial charge in [-0.1, -0.05) is 23.7 Å². The Balaban J connectivity index is 1.53. The van der Waals surface area contributed by atoms with E-state index in [-0.39, 0.29) is 31.1 Å². The van der Waals surface area contributed by atoms with Crippen LogP contribution in [0.25, 0.3) is 21.9 Å². The average Bonchev–Trinajstić information content (AvgIpc) is 3.55. The summed E-state index contributed by atoms with van der Waals surface area (Å²) in [4.78, 5) is 35.2. The molecule has 0 spiro atoms. The highest BCUT2D eigenvalue weighted by molar-refractivity contribution is 6.06. The fraction of sp³-hybridized carbons (Fsp3) is 0.292. The lowest BCUT2D eigenvalue weighted by Crippen LogP contribution is -2.29. The monoisotopic (exact) mass is 460 g/mol. The lowest BCUT2D eigenvalue weighted by atomic mass is 10.1. The van der Waals surface area contributed by atoms with Crippen LogP contribution in [-0.2, 0) is 30.8 Å². The second kappa shape index (κ2) is 8.97. The van der Waals surface area contributed by atoms with Crippen molar-refractivity contribution in [1.82, 2.24) is 29.6 Å². The molecule has 0 saturated heterocycles. The van der Waals surface area contributed by atoms with Gasteiger partial charge in [0.25, 0.3) is 5.56 Å². The van der Waals surface area contributed by atoms with Gasteiger partial charge < -0.3 is 18.8 Å². The smallest absolute Gasteiger partial charge is 0.278 e. The number of nitrogens with zero attached hydrogens (tertiary/aromatic N) is 5. The fourth-order valence-corrected chi connectivity index (χ4v) is 4.01. The largest absolute Gasteiger partial charge is 0.467 e. The zero-order chi connectivity index (χ0) is 23.7. The van der Waals surface area contributed by atoms with Crippen molar-refractivity contribution in [1.29, 1.82) is 0 Å². The maximum atomic E-state index is 13.5. The summed E-state index contributed by atoms with van der Waals surface area (Å²) in [6, 6.07) is 9.38. The van der Waals surface area contributed by atoms with Crippen LogP contribution in [0.4, 0.5) is 0 Å². The maximum absolute atomic E-state index is 13.5. The van der Waals surface area contributed by atoms with Crippen LogP contribution in [-0.4, -0.2) is 30.2 Å². The van der Waals surface area contributed by atoms with Gasteiger partial charge in [0.1, 0.15) is 29.9 Å². The molecule has 4 aromatic heterocycles. The summed E-state index contributed by atoms with van der Waals surface area (Å²) in [7, 11) is 0. The maximum Gasteiger partial charge on any atom is 0.278 e. The van der Waals surface area contributed by atoms with Gasteiger partial charge in [-0.15, -0.1) is 0 Å². The van der Waals surface area contributed by atoms with Crippen molar-refractivity contribution in [3.8, 4) is 0 Å². The van der Waals surface area contributed by atoms with Crippen LogP contribution in [0, 0.1) is 6.92 Å². The van der Waals surface area contributed by atoms with Gasteiger partial charge >= 0.3 is 0 Å². The van der Waals surface area contributed by atoms with Gasteiger partial charge in [0.15, 0.2) is 5.82 Å². The van der Waals surface area contributed by atoms with E-state index in [0.717, 1.165) is 22.9 Å². The summed E-state index contributed by atoms with van der Waals surface area (Å²) < 4.78 is 13.7. The molecular weight excluding hydrogens is 436 g/mol. The lowest BCUT2D eigenvalue weighted by Gasteiger charge is -2.09. The molecule has 0 saturated carbocycles. The van der Waals surface area contributed by atoms with Crippen LogP contribution < -0.4 is 10.9 Å². The summed E-state index contributed by atoms with van der Waals surface area (Å²) >= 11 is 0. The zero-order valence-corrected chi connectivity index (χ0v) is 18.9. The van der Waals surface area contributed by atoms with Crippen molar-refractivity contribution in [2.24, 2.45) is 0 Å². The molecular formula is C24H24N6O4. The summed E-state index contributed by atoms with van der Waals surface area (Å²) in [6.45, 7) is 4.34. The molecule has 1 amide bonds. The van der Waals surface area contributed by atoms with E-state index in [1.54, 1.807) is 23.0 Å². The quantitative estimate of drug-likeness (QED) is 0.378. The van der Waals surface area contributed by atoms with Crippen LogP contribution in [0.15, 0.2) is 56.7 Å². The first-order valence-electron chi connectivity index (χ1n) is 11.1. The Morgan fingerprint density at radius 1 is 1.24 bits per heavy atom. The summed E-state index contributed by atoms with van der Waals surface area (Å²) in [5, 5.41) is 7.61. The van der Waals surface area contributed by atoms with Gasteiger partial charge in [-0.25, -0.2) is 4.98 Å². The molecule has 0 atom stereocenters. The molecule has 0 aliphatic carbocycles. The van der Waals surface area contributed by atoms with E-state index >= 15 is 0 Å². The normalized spacial score (nSPS) is 11.5. The van der Waals surface area contributed by atoms with E-state index in [1.165, 1.54) is 10.9 Å². The predicted octanol–water partition coefficient (Wildman–Crippen LogP) is 2.95. The first kappa shape index (κ1) is 21.6. The number of rotatable bonds is 8. The van der Waals surface area contributed by atoms with Crippen molar-refractivity contribution < 1.29 is 13.7 Å². The number of benzene rings is 1. The summed E-state index contributed by atoms with van der Waals surface area (Å²) in [5.74, 6) is 1.35. The molecule has 5 aromatic rings. The van der Waals surface area contributed by atoms with Crippen molar-refractivity contribution in [2.75, 3.05) is 0 Å². The van der Waals surface area contributed by atoms with Crippen LogP contribution in [0.2, 0.25) is 0 Å². The third-order valence-corrected chi connectivity index (χ3v) is 5.61. The standard InChI is InChI=1S/C24H24N6O4/c1-3-5-19-27-21(34-28-19)13-29-14-26-22-17-10-15(2)7-8-18(17)30(23(22)24(29)32)12-20(31)25-11-16-6-4-9-33-16/h4,6-10,14H,3,5,11-13H2,1-2H3,(H,25,31). The minimum absolute atomic E-state index is 0.0358. The molecule has 0 unspecified atom stereocenters. The topological polar surface area (TPSA) is 121 Å². The second-order valence-corrected chi connectivity index (χ2v) is 8.19. The van der Waals surface area contributed by atoms with Crippen molar-refractivity contribution in [3.63, 3.8) is 0 Å². The number of furan rings is 1. The van der Waals surface area contributed by atoms with E-state index < -0.39 is 0 Å². The molecule has 0 bridgehead atoms. The number of aromatic nitrogens is 5. The molecule has 1 N–H and O–H groups in total. The Bertz CT molecular complexity index is 1530. The number of amides is 1. The number of fused-ring (bicyclic) bond motifs is 3. The Morgan fingerprint density at radius 3 is 2.91 bits per heavy atom. The molecule has 0 fully saturated rings. The molecule has 10 nitrogen and oxygen atoms in total. The predicted molar refractivity (Wildman–Crippen MR) is 124 cm³/mol. The highest BCUT2D eigenvalue weighted by Crippen LogP contribution is 2.26. The van der Waals surface area contributed by atoms with Crippen LogP contribution in [0.5, 0.6) is 0 Å². The van der Waals surface area contributed by atoms with Crippen LogP contribution in [0.3, 0.4) is 0 Å². The number of nitrogens with one attached hydrogen (secondary N) is 1. The second-order valence-electron chi connectivity index (χ2n) is 8.19. The van der Waals surface area contributed by atoms with Gasteiger partial charge in [-0.3, -0.25) is 14.2 Å². The number of hydrogen-bond acceptors (Lipinski definition) is 7. The van der Waals surface area contributed by atoms with E-state index in [1.807, 2.05) is 32.0 Å². The van der Waals surface area contributed by atoms with Crippen molar-refractivity contribution in [2.45, 2.75) is 46.3 Å². The summed E-state index contributed by atoms with van der Waals surface area (Å²) in [5.41, 5.74) is 2.42. The molecule has 5 rings (SSSR count). The van der Waals surface area contributed by atoms with E-state index in [4.69, 9.17) is 8.94 Å². The highest BCUT2D eigenvalue weighted by atomic mass is 16.5. The SMILES string of the molecule is CCCc1noc(Cn2cnc3c4cc(C)ccc4n(CC(=O)NCc4ccco4)c3c2=O)n1. The zero-order valence-electron chi connectivity index (χ0n) is 18.9. The minimum Gasteiger partial charge on any atom is -0.467 e. The Morgan fingerprint density at radius 2 is 2.12 bits per heavy atom. The summed E-state index contributed by atoms with van der Waals surface area (Å²) in [6.07, 6.45) is 4.64. The molecule has 34 heavy (non-hydrogen) atoms. The Labute approximate surface area is 194 Å². The van der Waals surface area contributed by atoms with E-state index in [9.17, 15) is 9.59 Å². The van der Waals surface area contributed by atoms with Crippen molar-refractivity contribution in [3.05, 3.63) is 76.3 Å². The van der Waals surface area contributed by atoms with Gasteiger partial charge in [-0.05, 0) is 37.6 Å². The van der Waals surface area contributed by atoms with E-state index in [2.05, 4.69) is 20.4 Å². The fourth-order valence-electron chi connectivity index (χ4n) is 4.01. The minimum atomic E-state index is -0.284. The average molecular weight is 460 g/mol.